The highest BCUT2D eigenvalue weighted by atomic mass is 16.5. The van der Waals surface area contributed by atoms with E-state index in [4.69, 9.17) is 14.2 Å². The molecule has 132 valence electrons. The van der Waals surface area contributed by atoms with Gasteiger partial charge in [0.2, 0.25) is 5.91 Å². The SMILES string of the molecule is COc1ccc(NC(=O)C2(c3ccccc3)CCOCC2)cc1OC. The lowest BCUT2D eigenvalue weighted by Gasteiger charge is -2.36. The fourth-order valence-electron chi connectivity index (χ4n) is 3.29. The third-order valence-electron chi connectivity index (χ3n) is 4.75. The maximum atomic E-state index is 13.2. The second kappa shape index (κ2) is 7.57. The molecule has 5 heteroatoms. The van der Waals surface area contributed by atoms with Crippen LogP contribution < -0.4 is 14.8 Å². The summed E-state index contributed by atoms with van der Waals surface area (Å²) in [5.74, 6) is 1.19. The normalized spacial score (nSPS) is 16.1. The van der Waals surface area contributed by atoms with E-state index in [1.807, 2.05) is 36.4 Å². The molecular weight excluding hydrogens is 318 g/mol. The van der Waals surface area contributed by atoms with Crippen molar-refractivity contribution in [3.8, 4) is 11.5 Å². The van der Waals surface area contributed by atoms with Crippen LogP contribution in [-0.4, -0.2) is 33.3 Å². The summed E-state index contributed by atoms with van der Waals surface area (Å²) >= 11 is 0. The first-order valence-corrected chi connectivity index (χ1v) is 8.36. The Morgan fingerprint density at radius 1 is 1.00 bits per heavy atom. The first-order chi connectivity index (χ1) is 12.2. The summed E-state index contributed by atoms with van der Waals surface area (Å²) in [6, 6.07) is 15.3. The molecule has 1 saturated heterocycles. The van der Waals surface area contributed by atoms with Crippen LogP contribution in [0.4, 0.5) is 5.69 Å². The number of anilines is 1. The number of hydrogen-bond acceptors (Lipinski definition) is 4. The molecule has 1 amide bonds. The maximum absolute atomic E-state index is 13.2. The standard InChI is InChI=1S/C20H23NO4/c1-23-17-9-8-16(14-18(17)24-2)21-19(22)20(10-12-25-13-11-20)15-6-4-3-5-7-15/h3-9,14H,10-13H2,1-2H3,(H,21,22). The van der Waals surface area contributed by atoms with Gasteiger partial charge in [0.25, 0.3) is 0 Å². The Morgan fingerprint density at radius 3 is 2.32 bits per heavy atom. The van der Waals surface area contributed by atoms with Crippen LogP contribution in [-0.2, 0) is 14.9 Å². The van der Waals surface area contributed by atoms with Gasteiger partial charge in [0.1, 0.15) is 0 Å². The third-order valence-corrected chi connectivity index (χ3v) is 4.75. The summed E-state index contributed by atoms with van der Waals surface area (Å²) in [5, 5.41) is 3.05. The number of benzene rings is 2. The summed E-state index contributed by atoms with van der Waals surface area (Å²) in [6.07, 6.45) is 1.33. The molecule has 0 bridgehead atoms. The van der Waals surface area contributed by atoms with E-state index >= 15 is 0 Å². The molecule has 1 aliphatic rings. The van der Waals surface area contributed by atoms with Crippen molar-refractivity contribution in [2.75, 3.05) is 32.8 Å². The van der Waals surface area contributed by atoms with Crippen molar-refractivity contribution in [3.05, 3.63) is 54.1 Å². The van der Waals surface area contributed by atoms with Crippen molar-refractivity contribution >= 4 is 11.6 Å². The van der Waals surface area contributed by atoms with Gasteiger partial charge in [-0.1, -0.05) is 30.3 Å². The van der Waals surface area contributed by atoms with E-state index < -0.39 is 5.41 Å². The van der Waals surface area contributed by atoms with Gasteiger partial charge in [0, 0.05) is 25.0 Å². The van der Waals surface area contributed by atoms with Crippen molar-refractivity contribution in [2.45, 2.75) is 18.3 Å². The molecule has 2 aromatic carbocycles. The predicted octanol–water partition coefficient (Wildman–Crippen LogP) is 3.39. The van der Waals surface area contributed by atoms with Crippen molar-refractivity contribution in [3.63, 3.8) is 0 Å². The summed E-state index contributed by atoms with van der Waals surface area (Å²) in [5.41, 5.74) is 1.13. The quantitative estimate of drug-likeness (QED) is 0.906. The van der Waals surface area contributed by atoms with Crippen molar-refractivity contribution in [2.24, 2.45) is 0 Å². The van der Waals surface area contributed by atoms with Crippen LogP contribution in [0.2, 0.25) is 0 Å². The van der Waals surface area contributed by atoms with Crippen LogP contribution in [0, 0.1) is 0 Å². The molecular formula is C20H23NO4. The van der Waals surface area contributed by atoms with Crippen LogP contribution >= 0.6 is 0 Å². The third kappa shape index (κ3) is 3.46. The fraction of sp³-hybridized carbons (Fsp3) is 0.350. The molecule has 25 heavy (non-hydrogen) atoms. The lowest BCUT2D eigenvalue weighted by molar-refractivity contribution is -0.125. The first-order valence-electron chi connectivity index (χ1n) is 8.36. The Labute approximate surface area is 147 Å². The van der Waals surface area contributed by atoms with Crippen molar-refractivity contribution in [1.82, 2.24) is 0 Å². The van der Waals surface area contributed by atoms with Crippen molar-refractivity contribution < 1.29 is 19.0 Å². The molecule has 0 aromatic heterocycles. The Bertz CT molecular complexity index is 724. The first kappa shape index (κ1) is 17.3. The van der Waals surface area contributed by atoms with Gasteiger partial charge in [0.15, 0.2) is 11.5 Å². The Hall–Kier alpha value is -2.53. The van der Waals surface area contributed by atoms with E-state index in [2.05, 4.69) is 5.32 Å². The fourth-order valence-corrected chi connectivity index (χ4v) is 3.29. The summed E-state index contributed by atoms with van der Waals surface area (Å²) in [7, 11) is 3.16. The Balaban J connectivity index is 1.89. The van der Waals surface area contributed by atoms with E-state index in [-0.39, 0.29) is 5.91 Å². The number of carbonyl (C=O) groups excluding carboxylic acids is 1. The Morgan fingerprint density at radius 2 is 1.68 bits per heavy atom. The maximum Gasteiger partial charge on any atom is 0.235 e. The zero-order chi connectivity index (χ0) is 17.7. The largest absolute Gasteiger partial charge is 0.493 e. The van der Waals surface area contributed by atoms with Gasteiger partial charge in [-0.05, 0) is 30.5 Å². The topological polar surface area (TPSA) is 56.8 Å². The average Bonchev–Trinajstić information content (AvgIpc) is 2.69. The van der Waals surface area contributed by atoms with Gasteiger partial charge in [-0.3, -0.25) is 4.79 Å². The number of ether oxygens (including phenoxy) is 3. The highest BCUT2D eigenvalue weighted by molar-refractivity contribution is 5.99. The predicted molar refractivity (Wildman–Crippen MR) is 96.3 cm³/mol. The molecule has 5 nitrogen and oxygen atoms in total. The summed E-state index contributed by atoms with van der Waals surface area (Å²) < 4.78 is 16.1. The van der Waals surface area contributed by atoms with Crippen LogP contribution in [0.5, 0.6) is 11.5 Å². The second-order valence-electron chi connectivity index (χ2n) is 6.08. The molecule has 1 aliphatic heterocycles. The average molecular weight is 341 g/mol. The highest BCUT2D eigenvalue weighted by Gasteiger charge is 2.41. The van der Waals surface area contributed by atoms with E-state index in [9.17, 15) is 4.79 Å². The van der Waals surface area contributed by atoms with Gasteiger partial charge in [-0.2, -0.15) is 0 Å². The van der Waals surface area contributed by atoms with Crippen molar-refractivity contribution in [1.29, 1.82) is 0 Å². The highest BCUT2D eigenvalue weighted by Crippen LogP contribution is 2.37. The zero-order valence-electron chi connectivity index (χ0n) is 14.6. The number of rotatable bonds is 5. The van der Waals surface area contributed by atoms with Gasteiger partial charge >= 0.3 is 0 Å². The molecule has 1 fully saturated rings. The molecule has 0 saturated carbocycles. The van der Waals surface area contributed by atoms with Crippen LogP contribution in [0.25, 0.3) is 0 Å². The lowest BCUT2D eigenvalue weighted by Crippen LogP contribution is -2.44. The molecule has 0 unspecified atom stereocenters. The van der Waals surface area contributed by atoms with Gasteiger partial charge < -0.3 is 19.5 Å². The molecule has 2 aromatic rings. The van der Waals surface area contributed by atoms with E-state index in [1.54, 1.807) is 26.4 Å². The van der Waals surface area contributed by atoms with Crippen LogP contribution in [0.3, 0.4) is 0 Å². The molecule has 0 aliphatic carbocycles. The number of carbonyl (C=O) groups is 1. The lowest BCUT2D eigenvalue weighted by atomic mass is 9.73. The number of methoxy groups -OCH3 is 2. The minimum absolute atomic E-state index is 0.0192. The summed E-state index contributed by atoms with van der Waals surface area (Å²) in [6.45, 7) is 1.16. The smallest absolute Gasteiger partial charge is 0.235 e. The monoisotopic (exact) mass is 341 g/mol. The zero-order valence-corrected chi connectivity index (χ0v) is 14.6. The van der Waals surface area contributed by atoms with Gasteiger partial charge in [-0.25, -0.2) is 0 Å². The second-order valence-corrected chi connectivity index (χ2v) is 6.08. The number of hydrogen-bond donors (Lipinski definition) is 1. The minimum Gasteiger partial charge on any atom is -0.493 e. The minimum atomic E-state index is -0.577. The van der Waals surface area contributed by atoms with E-state index in [0.717, 1.165) is 5.56 Å². The van der Waals surface area contributed by atoms with Crippen LogP contribution in [0.15, 0.2) is 48.5 Å². The molecule has 0 spiro atoms. The number of nitrogens with one attached hydrogen (secondary N) is 1. The summed E-state index contributed by atoms with van der Waals surface area (Å²) in [4.78, 5) is 13.2. The Kier molecular flexibility index (Phi) is 5.24. The van der Waals surface area contributed by atoms with Gasteiger partial charge in [-0.15, -0.1) is 0 Å². The van der Waals surface area contributed by atoms with Gasteiger partial charge in [0.05, 0.1) is 19.6 Å². The van der Waals surface area contributed by atoms with E-state index in [1.165, 1.54) is 0 Å². The molecule has 0 atom stereocenters. The molecule has 3 rings (SSSR count). The number of amides is 1. The molecule has 1 N–H and O–H groups in total. The molecule has 1 heterocycles. The van der Waals surface area contributed by atoms with E-state index in [0.29, 0.717) is 43.2 Å². The molecule has 0 radical (unpaired) electrons. The van der Waals surface area contributed by atoms with Crippen LogP contribution in [0.1, 0.15) is 18.4 Å².